The summed E-state index contributed by atoms with van der Waals surface area (Å²) < 4.78 is 23.1. The molecule has 1 heterocycles. The molecule has 1 atom stereocenters. The van der Waals surface area contributed by atoms with Crippen LogP contribution in [0.5, 0.6) is 0 Å². The van der Waals surface area contributed by atoms with Gasteiger partial charge in [0.15, 0.2) is 9.84 Å². The van der Waals surface area contributed by atoms with Crippen molar-refractivity contribution in [2.45, 2.75) is 25.8 Å². The van der Waals surface area contributed by atoms with Crippen LogP contribution in [0, 0.1) is 0 Å². The first-order chi connectivity index (χ1) is 9.80. The van der Waals surface area contributed by atoms with Crippen molar-refractivity contribution in [2.75, 3.05) is 37.7 Å². The number of nitrogens with zero attached hydrogens (tertiary/aromatic N) is 2. The molecule has 1 rings (SSSR count). The van der Waals surface area contributed by atoms with Crippen LogP contribution >= 0.6 is 0 Å². The van der Waals surface area contributed by atoms with Crippen molar-refractivity contribution in [2.24, 2.45) is 0 Å². The predicted octanol–water partition coefficient (Wildman–Crippen LogP) is -0.616. The number of hydrogen-bond donors (Lipinski definition) is 2. The second kappa shape index (κ2) is 7.60. The summed E-state index contributed by atoms with van der Waals surface area (Å²) in [7, 11) is -3.20. The molecule has 0 bridgehead atoms. The van der Waals surface area contributed by atoms with Gasteiger partial charge < -0.3 is 20.0 Å². The maximum atomic E-state index is 12.4. The van der Waals surface area contributed by atoms with Gasteiger partial charge >= 0.3 is 12.0 Å². The van der Waals surface area contributed by atoms with E-state index in [0.717, 1.165) is 4.90 Å². The molecule has 0 aromatic heterocycles. The number of aliphatic carboxylic acids is 1. The number of carboxylic acid groups (broad SMARTS) is 1. The molecule has 0 aliphatic carbocycles. The zero-order chi connectivity index (χ0) is 16.0. The van der Waals surface area contributed by atoms with E-state index in [-0.39, 0.29) is 24.5 Å². The first-order valence-electron chi connectivity index (χ1n) is 6.89. The van der Waals surface area contributed by atoms with E-state index >= 15 is 0 Å². The van der Waals surface area contributed by atoms with Crippen LogP contribution in [0.25, 0.3) is 0 Å². The summed E-state index contributed by atoms with van der Waals surface area (Å²) in [6.45, 7) is 1.84. The summed E-state index contributed by atoms with van der Waals surface area (Å²) in [5, 5.41) is 17.8. The highest BCUT2D eigenvalue weighted by Crippen LogP contribution is 2.19. The summed E-state index contributed by atoms with van der Waals surface area (Å²) in [4.78, 5) is 25.9. The molecule has 2 amide bonds. The lowest BCUT2D eigenvalue weighted by molar-refractivity contribution is -0.138. The monoisotopic (exact) mass is 322 g/mol. The maximum absolute atomic E-state index is 12.4. The third kappa shape index (κ3) is 5.16. The number of carbonyl (C=O) groups is 2. The van der Waals surface area contributed by atoms with Gasteiger partial charge in [0, 0.05) is 25.7 Å². The minimum Gasteiger partial charge on any atom is -0.480 e. The number of carboxylic acids is 1. The van der Waals surface area contributed by atoms with E-state index in [9.17, 15) is 18.0 Å². The Hall–Kier alpha value is -1.35. The number of amides is 2. The Balaban J connectivity index is 2.85. The van der Waals surface area contributed by atoms with Crippen LogP contribution < -0.4 is 0 Å². The van der Waals surface area contributed by atoms with Gasteiger partial charge in [-0.2, -0.15) is 0 Å². The van der Waals surface area contributed by atoms with E-state index < -0.39 is 34.4 Å². The highest BCUT2D eigenvalue weighted by molar-refractivity contribution is 7.91. The number of carbonyl (C=O) groups excluding carboxylic acids is 1. The normalized spacial score (nSPS) is 20.2. The van der Waals surface area contributed by atoms with Crippen molar-refractivity contribution < 1.29 is 28.2 Å². The van der Waals surface area contributed by atoms with E-state index in [1.54, 1.807) is 6.92 Å². The standard InChI is InChI=1S/C12H22N2O6S/c1-2-13(5-3-6-15)12(18)14(8-11(16)17)10-4-7-21(19,20)9-10/h10,15H,2-9H2,1H3,(H,16,17). The van der Waals surface area contributed by atoms with Crippen LogP contribution in [0.2, 0.25) is 0 Å². The second-order valence-electron chi connectivity index (χ2n) is 5.02. The van der Waals surface area contributed by atoms with Gasteiger partial charge in [-0.05, 0) is 19.8 Å². The molecule has 0 saturated carbocycles. The van der Waals surface area contributed by atoms with Crippen molar-refractivity contribution in [1.82, 2.24) is 9.80 Å². The van der Waals surface area contributed by atoms with Crippen molar-refractivity contribution in [3.63, 3.8) is 0 Å². The van der Waals surface area contributed by atoms with Crippen molar-refractivity contribution >= 4 is 21.8 Å². The average Bonchev–Trinajstić information content (AvgIpc) is 2.76. The minimum atomic E-state index is -3.20. The smallest absolute Gasteiger partial charge is 0.323 e. The van der Waals surface area contributed by atoms with Crippen LogP contribution in [0.15, 0.2) is 0 Å². The van der Waals surface area contributed by atoms with E-state index in [4.69, 9.17) is 10.2 Å². The SMILES string of the molecule is CCN(CCCO)C(=O)N(CC(=O)O)C1CCS(=O)(=O)C1. The number of sulfone groups is 1. The first kappa shape index (κ1) is 17.7. The zero-order valence-corrected chi connectivity index (χ0v) is 12.9. The summed E-state index contributed by atoms with van der Waals surface area (Å²) in [6, 6.07) is -1.09. The quantitative estimate of drug-likeness (QED) is 0.646. The van der Waals surface area contributed by atoms with Gasteiger partial charge in [0.05, 0.1) is 11.5 Å². The lowest BCUT2D eigenvalue weighted by Crippen LogP contribution is -2.51. The summed E-state index contributed by atoms with van der Waals surface area (Å²) in [5.74, 6) is -1.39. The fourth-order valence-electron chi connectivity index (χ4n) is 2.35. The molecule has 0 aromatic carbocycles. The molecular formula is C12H22N2O6S. The van der Waals surface area contributed by atoms with Crippen LogP contribution in [0.4, 0.5) is 4.79 Å². The molecular weight excluding hydrogens is 300 g/mol. The molecule has 0 spiro atoms. The topological polar surface area (TPSA) is 115 Å². The van der Waals surface area contributed by atoms with Gasteiger partial charge in [-0.25, -0.2) is 13.2 Å². The summed E-state index contributed by atoms with van der Waals surface area (Å²) >= 11 is 0. The van der Waals surface area contributed by atoms with Gasteiger partial charge in [-0.3, -0.25) is 4.79 Å². The lowest BCUT2D eigenvalue weighted by atomic mass is 10.2. The largest absolute Gasteiger partial charge is 0.480 e. The van der Waals surface area contributed by atoms with E-state index in [1.807, 2.05) is 0 Å². The molecule has 0 radical (unpaired) electrons. The molecule has 1 aliphatic heterocycles. The Morgan fingerprint density at radius 2 is 2.00 bits per heavy atom. The van der Waals surface area contributed by atoms with Gasteiger partial charge in [-0.1, -0.05) is 0 Å². The Kier molecular flexibility index (Phi) is 6.41. The first-order valence-corrected chi connectivity index (χ1v) is 8.71. The number of aliphatic hydroxyl groups is 1. The molecule has 21 heavy (non-hydrogen) atoms. The third-order valence-electron chi connectivity index (χ3n) is 3.44. The number of urea groups is 1. The van der Waals surface area contributed by atoms with Crippen molar-refractivity contribution in [1.29, 1.82) is 0 Å². The van der Waals surface area contributed by atoms with E-state index in [2.05, 4.69) is 0 Å². The molecule has 9 heteroatoms. The summed E-state index contributed by atoms with van der Waals surface area (Å²) in [5.41, 5.74) is 0. The molecule has 2 N–H and O–H groups in total. The predicted molar refractivity (Wildman–Crippen MR) is 75.7 cm³/mol. The number of rotatable bonds is 7. The molecule has 1 fully saturated rings. The number of aliphatic hydroxyl groups excluding tert-OH is 1. The minimum absolute atomic E-state index is 0.0240. The fraction of sp³-hybridized carbons (Fsp3) is 0.833. The van der Waals surface area contributed by atoms with Gasteiger partial charge in [0.25, 0.3) is 0 Å². The molecule has 1 saturated heterocycles. The Labute approximate surface area is 124 Å². The maximum Gasteiger partial charge on any atom is 0.323 e. The van der Waals surface area contributed by atoms with Crippen LogP contribution in [0.1, 0.15) is 19.8 Å². The van der Waals surface area contributed by atoms with Crippen LogP contribution in [-0.2, 0) is 14.6 Å². The highest BCUT2D eigenvalue weighted by atomic mass is 32.2. The molecule has 1 aliphatic rings. The number of hydrogen-bond acceptors (Lipinski definition) is 5. The Morgan fingerprint density at radius 1 is 1.33 bits per heavy atom. The lowest BCUT2D eigenvalue weighted by Gasteiger charge is -2.32. The average molecular weight is 322 g/mol. The Bertz CT molecular complexity index is 478. The van der Waals surface area contributed by atoms with E-state index in [1.165, 1.54) is 4.90 Å². The van der Waals surface area contributed by atoms with Gasteiger partial charge in [-0.15, -0.1) is 0 Å². The van der Waals surface area contributed by atoms with Crippen molar-refractivity contribution in [3.05, 3.63) is 0 Å². The zero-order valence-electron chi connectivity index (χ0n) is 12.1. The van der Waals surface area contributed by atoms with E-state index in [0.29, 0.717) is 19.5 Å². The van der Waals surface area contributed by atoms with Gasteiger partial charge in [0.2, 0.25) is 0 Å². The van der Waals surface area contributed by atoms with Crippen molar-refractivity contribution in [3.8, 4) is 0 Å². The van der Waals surface area contributed by atoms with Gasteiger partial charge in [0.1, 0.15) is 6.54 Å². The molecule has 1 unspecified atom stereocenters. The van der Waals surface area contributed by atoms with Crippen LogP contribution in [-0.4, -0.2) is 84.2 Å². The Morgan fingerprint density at radius 3 is 2.43 bits per heavy atom. The second-order valence-corrected chi connectivity index (χ2v) is 7.25. The van der Waals surface area contributed by atoms with Crippen LogP contribution in [0.3, 0.4) is 0 Å². The fourth-order valence-corrected chi connectivity index (χ4v) is 4.08. The molecule has 122 valence electrons. The molecule has 0 aromatic rings. The highest BCUT2D eigenvalue weighted by Gasteiger charge is 2.36. The third-order valence-corrected chi connectivity index (χ3v) is 5.19. The molecule has 8 nitrogen and oxygen atoms in total. The summed E-state index contributed by atoms with van der Waals surface area (Å²) in [6.07, 6.45) is 0.655.